The number of hydrogen-bond acceptors (Lipinski definition) is 2. The van der Waals surface area contributed by atoms with Gasteiger partial charge in [-0.15, -0.1) is 0 Å². The summed E-state index contributed by atoms with van der Waals surface area (Å²) in [7, 11) is 0. The Labute approximate surface area is 134 Å². The Hall–Kier alpha value is -1.22. The first kappa shape index (κ1) is 14.7. The highest BCUT2D eigenvalue weighted by atomic mass is 35.5. The van der Waals surface area contributed by atoms with Crippen LogP contribution in [-0.4, -0.2) is 5.11 Å². The third kappa shape index (κ3) is 3.18. The second-order valence-corrected chi connectivity index (χ2v) is 6.07. The van der Waals surface area contributed by atoms with Crippen LogP contribution in [0.2, 0.25) is 10.0 Å². The van der Waals surface area contributed by atoms with Crippen molar-refractivity contribution >= 4 is 23.2 Å². The van der Waals surface area contributed by atoms with Gasteiger partial charge in [0.25, 0.3) is 0 Å². The van der Waals surface area contributed by atoms with E-state index in [1.807, 2.05) is 24.3 Å². The summed E-state index contributed by atoms with van der Waals surface area (Å²) in [4.78, 5) is 0. The van der Waals surface area contributed by atoms with Gasteiger partial charge < -0.3 is 9.84 Å². The summed E-state index contributed by atoms with van der Waals surface area (Å²) < 4.78 is 5.79. The van der Waals surface area contributed by atoms with Crippen molar-refractivity contribution in [3.05, 3.63) is 63.1 Å². The van der Waals surface area contributed by atoms with E-state index in [-0.39, 0.29) is 6.10 Å². The molecular formula is C17H16Cl2O2. The fourth-order valence-corrected chi connectivity index (χ4v) is 3.17. The van der Waals surface area contributed by atoms with E-state index < -0.39 is 0 Å². The van der Waals surface area contributed by atoms with E-state index in [0.29, 0.717) is 16.7 Å². The summed E-state index contributed by atoms with van der Waals surface area (Å²) in [5.41, 5.74) is 2.96. The summed E-state index contributed by atoms with van der Waals surface area (Å²) in [6.45, 7) is 0.313. The van der Waals surface area contributed by atoms with Crippen molar-refractivity contribution < 1.29 is 9.84 Å². The number of hydrogen-bond donors (Lipinski definition) is 1. The molecule has 0 saturated heterocycles. The molecule has 2 nitrogen and oxygen atoms in total. The molecule has 0 heterocycles. The highest BCUT2D eigenvalue weighted by Gasteiger charge is 2.18. The van der Waals surface area contributed by atoms with E-state index in [0.717, 1.165) is 36.1 Å². The van der Waals surface area contributed by atoms with Crippen LogP contribution in [0.25, 0.3) is 0 Å². The maximum absolute atomic E-state index is 10.1. The van der Waals surface area contributed by atoms with E-state index in [4.69, 9.17) is 27.9 Å². The predicted octanol–water partition coefficient (Wildman–Crippen LogP) is 4.94. The zero-order valence-electron chi connectivity index (χ0n) is 11.5. The summed E-state index contributed by atoms with van der Waals surface area (Å²) in [5.74, 6) is 0.727. The van der Waals surface area contributed by atoms with Crippen LogP contribution in [0.5, 0.6) is 5.75 Å². The van der Waals surface area contributed by atoms with Gasteiger partial charge in [-0.1, -0.05) is 35.3 Å². The molecule has 0 unspecified atom stereocenters. The Balaban J connectivity index is 1.78. The van der Waals surface area contributed by atoms with Crippen LogP contribution in [-0.2, 0) is 13.0 Å². The number of rotatable bonds is 3. The monoisotopic (exact) mass is 322 g/mol. The van der Waals surface area contributed by atoms with Crippen LogP contribution in [0.15, 0.2) is 36.4 Å². The Bertz CT molecular complexity index is 635. The van der Waals surface area contributed by atoms with Gasteiger partial charge in [-0.2, -0.15) is 0 Å². The molecule has 1 aliphatic carbocycles. The van der Waals surface area contributed by atoms with E-state index >= 15 is 0 Å². The molecule has 0 aliphatic heterocycles. The summed E-state index contributed by atoms with van der Waals surface area (Å²) in [5, 5.41) is 11.3. The highest BCUT2D eigenvalue weighted by molar-refractivity contribution is 6.35. The Morgan fingerprint density at radius 3 is 2.67 bits per heavy atom. The van der Waals surface area contributed by atoms with Crippen molar-refractivity contribution in [3.8, 4) is 5.75 Å². The largest absolute Gasteiger partial charge is 0.489 e. The molecule has 0 saturated carbocycles. The third-order valence-corrected chi connectivity index (χ3v) is 4.55. The van der Waals surface area contributed by atoms with Gasteiger partial charge in [0.05, 0.1) is 6.10 Å². The minimum absolute atomic E-state index is 0.313. The minimum Gasteiger partial charge on any atom is -0.489 e. The van der Waals surface area contributed by atoms with Gasteiger partial charge in [-0.05, 0) is 54.7 Å². The lowest BCUT2D eigenvalue weighted by Crippen LogP contribution is -2.09. The molecule has 21 heavy (non-hydrogen) atoms. The van der Waals surface area contributed by atoms with Gasteiger partial charge in [0, 0.05) is 15.6 Å². The van der Waals surface area contributed by atoms with Crippen LogP contribution in [0.1, 0.15) is 35.6 Å². The third-order valence-electron chi connectivity index (χ3n) is 3.84. The van der Waals surface area contributed by atoms with Crippen molar-refractivity contribution in [2.24, 2.45) is 0 Å². The molecule has 0 fully saturated rings. The number of benzene rings is 2. The number of fused-ring (bicyclic) bond motifs is 1. The smallest absolute Gasteiger partial charge is 0.120 e. The molecule has 0 bridgehead atoms. The number of halogens is 2. The lowest BCUT2D eigenvalue weighted by Gasteiger charge is -2.22. The second-order valence-electron chi connectivity index (χ2n) is 5.26. The van der Waals surface area contributed by atoms with Crippen LogP contribution in [0, 0.1) is 0 Å². The van der Waals surface area contributed by atoms with Gasteiger partial charge in [0.1, 0.15) is 12.4 Å². The summed E-state index contributed by atoms with van der Waals surface area (Å²) in [6.07, 6.45) is 2.47. The lowest BCUT2D eigenvalue weighted by atomic mass is 9.89. The zero-order valence-corrected chi connectivity index (χ0v) is 13.0. The van der Waals surface area contributed by atoms with Crippen molar-refractivity contribution in [3.63, 3.8) is 0 Å². The Kier molecular flexibility index (Phi) is 4.39. The van der Waals surface area contributed by atoms with Gasteiger partial charge in [0.2, 0.25) is 0 Å². The molecule has 4 heteroatoms. The van der Waals surface area contributed by atoms with E-state index in [2.05, 4.69) is 0 Å². The van der Waals surface area contributed by atoms with Crippen LogP contribution in [0.3, 0.4) is 0 Å². The standard InChI is InChI=1S/C17H16Cl2O2/c18-15-4-2-5-16(19)14(15)10-21-12-8-7-11-3-1-6-17(20)13(11)9-12/h2,4-5,7-9,17,20H,1,3,6,10H2/t17-/m0/s1. The molecule has 0 spiro atoms. The summed E-state index contributed by atoms with van der Waals surface area (Å²) in [6, 6.07) is 11.3. The summed E-state index contributed by atoms with van der Waals surface area (Å²) >= 11 is 12.3. The number of ether oxygens (including phenoxy) is 1. The molecule has 110 valence electrons. The van der Waals surface area contributed by atoms with Crippen LogP contribution >= 0.6 is 23.2 Å². The van der Waals surface area contributed by atoms with Crippen molar-refractivity contribution in [2.45, 2.75) is 32.0 Å². The minimum atomic E-state index is -0.388. The van der Waals surface area contributed by atoms with E-state index in [1.54, 1.807) is 12.1 Å². The van der Waals surface area contributed by atoms with Gasteiger partial charge in [-0.25, -0.2) is 0 Å². The van der Waals surface area contributed by atoms with Crippen molar-refractivity contribution in [1.82, 2.24) is 0 Å². The molecule has 1 aliphatic rings. The second kappa shape index (κ2) is 6.27. The van der Waals surface area contributed by atoms with Gasteiger partial charge >= 0.3 is 0 Å². The molecule has 0 amide bonds. The molecule has 0 radical (unpaired) electrons. The van der Waals surface area contributed by atoms with Crippen LogP contribution in [0.4, 0.5) is 0 Å². The van der Waals surface area contributed by atoms with Crippen molar-refractivity contribution in [2.75, 3.05) is 0 Å². The van der Waals surface area contributed by atoms with E-state index in [9.17, 15) is 5.11 Å². The topological polar surface area (TPSA) is 29.5 Å². The molecule has 1 N–H and O–H groups in total. The molecule has 3 rings (SSSR count). The first-order chi connectivity index (χ1) is 10.1. The van der Waals surface area contributed by atoms with Crippen molar-refractivity contribution in [1.29, 1.82) is 0 Å². The van der Waals surface area contributed by atoms with E-state index in [1.165, 1.54) is 5.56 Å². The maximum Gasteiger partial charge on any atom is 0.120 e. The fourth-order valence-electron chi connectivity index (χ4n) is 2.67. The van der Waals surface area contributed by atoms with Gasteiger partial charge in [0.15, 0.2) is 0 Å². The number of aryl methyl sites for hydroxylation is 1. The zero-order chi connectivity index (χ0) is 14.8. The quantitative estimate of drug-likeness (QED) is 0.867. The first-order valence-electron chi connectivity index (χ1n) is 7.02. The SMILES string of the molecule is O[C@H]1CCCc2ccc(OCc3c(Cl)cccc3Cl)cc21. The fraction of sp³-hybridized carbons (Fsp3) is 0.294. The van der Waals surface area contributed by atoms with Gasteiger partial charge in [-0.3, -0.25) is 0 Å². The molecule has 0 aromatic heterocycles. The molecular weight excluding hydrogens is 307 g/mol. The normalized spacial score (nSPS) is 17.4. The first-order valence-corrected chi connectivity index (χ1v) is 7.77. The lowest BCUT2D eigenvalue weighted by molar-refractivity contribution is 0.156. The molecule has 2 aromatic rings. The van der Waals surface area contributed by atoms with Crippen LogP contribution < -0.4 is 4.74 Å². The number of aliphatic hydroxyl groups is 1. The Morgan fingerprint density at radius 2 is 1.90 bits per heavy atom. The predicted molar refractivity (Wildman–Crippen MR) is 85.1 cm³/mol. The molecule has 2 aromatic carbocycles. The Morgan fingerprint density at radius 1 is 1.14 bits per heavy atom. The number of aliphatic hydroxyl groups excluding tert-OH is 1. The maximum atomic E-state index is 10.1. The average molecular weight is 323 g/mol. The highest BCUT2D eigenvalue weighted by Crippen LogP contribution is 2.33. The average Bonchev–Trinajstić information content (AvgIpc) is 2.47. The molecule has 1 atom stereocenters.